The predicted octanol–water partition coefficient (Wildman–Crippen LogP) is 5.56. The van der Waals surface area contributed by atoms with Gasteiger partial charge in [-0.05, 0) is 55.5 Å². The number of H-pyrrole nitrogens is 1. The van der Waals surface area contributed by atoms with Gasteiger partial charge >= 0.3 is 6.18 Å². The minimum Gasteiger partial charge on any atom is -0.496 e. The number of hydrogen-bond acceptors (Lipinski definition) is 4. The second-order valence-electron chi connectivity index (χ2n) is 7.83. The zero-order valence-electron chi connectivity index (χ0n) is 18.3. The van der Waals surface area contributed by atoms with E-state index in [9.17, 15) is 27.5 Å². The largest absolute Gasteiger partial charge is 0.496 e. The van der Waals surface area contributed by atoms with Gasteiger partial charge in [-0.1, -0.05) is 19.1 Å². The summed E-state index contributed by atoms with van der Waals surface area (Å²) in [7, 11) is 1.32. The number of pyridine rings is 1. The highest BCUT2D eigenvalue weighted by atomic mass is 19.4. The first-order chi connectivity index (χ1) is 15.5. The van der Waals surface area contributed by atoms with Gasteiger partial charge in [0.15, 0.2) is 5.60 Å². The summed E-state index contributed by atoms with van der Waals surface area (Å²) in [5.41, 5.74) is -3.01. The lowest BCUT2D eigenvalue weighted by Gasteiger charge is -2.31. The molecule has 0 fully saturated rings. The van der Waals surface area contributed by atoms with Gasteiger partial charge in [-0.25, -0.2) is 4.39 Å². The molecule has 0 spiro atoms. The van der Waals surface area contributed by atoms with Crippen LogP contribution in [0.15, 0.2) is 52.4 Å². The predicted molar refractivity (Wildman–Crippen MR) is 119 cm³/mol. The van der Waals surface area contributed by atoms with Gasteiger partial charge in [0.2, 0.25) is 0 Å². The summed E-state index contributed by atoms with van der Waals surface area (Å²) in [6, 6.07) is 8.55. The third kappa shape index (κ3) is 4.78. The molecule has 3 aromatic rings. The molecule has 0 aliphatic carbocycles. The van der Waals surface area contributed by atoms with Gasteiger partial charge < -0.3 is 14.8 Å². The van der Waals surface area contributed by atoms with Crippen molar-refractivity contribution in [2.24, 2.45) is 4.99 Å². The third-order valence-electron chi connectivity index (χ3n) is 5.76. The van der Waals surface area contributed by atoms with Gasteiger partial charge in [-0.2, -0.15) is 13.2 Å². The van der Waals surface area contributed by atoms with E-state index in [1.54, 1.807) is 6.92 Å². The second kappa shape index (κ2) is 9.35. The number of methoxy groups -OCH3 is 1. The maximum absolute atomic E-state index is 14.0. The molecule has 0 unspecified atom stereocenters. The van der Waals surface area contributed by atoms with Crippen molar-refractivity contribution in [2.75, 3.05) is 7.11 Å². The Labute approximate surface area is 187 Å². The van der Waals surface area contributed by atoms with Crippen LogP contribution in [0.25, 0.3) is 10.8 Å². The zero-order valence-corrected chi connectivity index (χ0v) is 18.3. The molecule has 3 rings (SSSR count). The number of fused-ring (bicyclic) bond motifs is 1. The van der Waals surface area contributed by atoms with Crippen molar-refractivity contribution in [1.82, 2.24) is 4.98 Å². The maximum atomic E-state index is 14.0. The quantitative estimate of drug-likeness (QED) is 0.355. The molecule has 2 N–H and O–H groups in total. The monoisotopic (exact) mass is 464 g/mol. The Bertz CT molecular complexity index is 1240. The van der Waals surface area contributed by atoms with Gasteiger partial charge in [0, 0.05) is 28.7 Å². The van der Waals surface area contributed by atoms with Crippen LogP contribution in [0, 0.1) is 12.7 Å². The Balaban J connectivity index is 2.05. The summed E-state index contributed by atoms with van der Waals surface area (Å²) in [4.78, 5) is 18.4. The molecule has 1 heterocycles. The Hall–Kier alpha value is -3.20. The number of benzene rings is 2. The Morgan fingerprint density at radius 2 is 1.91 bits per heavy atom. The van der Waals surface area contributed by atoms with Crippen LogP contribution in [0.1, 0.15) is 36.8 Å². The van der Waals surface area contributed by atoms with E-state index in [1.807, 2.05) is 0 Å². The smallest absolute Gasteiger partial charge is 0.422 e. The first-order valence-corrected chi connectivity index (χ1v) is 10.3. The van der Waals surface area contributed by atoms with Crippen molar-refractivity contribution in [1.29, 1.82) is 0 Å². The van der Waals surface area contributed by atoms with Gasteiger partial charge in [0.1, 0.15) is 11.6 Å². The normalized spacial score (nSPS) is 15.0. The Morgan fingerprint density at radius 3 is 2.55 bits per heavy atom. The molecule has 33 heavy (non-hydrogen) atoms. The molecule has 2 atom stereocenters. The van der Waals surface area contributed by atoms with E-state index in [0.717, 1.165) is 0 Å². The van der Waals surface area contributed by atoms with Crippen LogP contribution in [0.5, 0.6) is 5.75 Å². The number of aliphatic hydroxyl groups is 1. The van der Waals surface area contributed by atoms with E-state index in [0.29, 0.717) is 17.2 Å². The summed E-state index contributed by atoms with van der Waals surface area (Å²) in [6.45, 7) is 3.15. The molecule has 0 bridgehead atoms. The van der Waals surface area contributed by atoms with Crippen molar-refractivity contribution in [3.05, 3.63) is 69.9 Å². The number of nitrogens with one attached hydrogen (secondary N) is 1. The van der Waals surface area contributed by atoms with E-state index in [2.05, 4.69) is 9.98 Å². The zero-order chi connectivity index (χ0) is 24.4. The fourth-order valence-electron chi connectivity index (χ4n) is 3.87. The lowest BCUT2D eigenvalue weighted by Crippen LogP contribution is -2.47. The molecule has 0 saturated carbocycles. The minimum atomic E-state index is -5.03. The van der Waals surface area contributed by atoms with E-state index >= 15 is 0 Å². The number of rotatable bonds is 7. The summed E-state index contributed by atoms with van der Waals surface area (Å²) < 4.78 is 61.3. The molecule has 0 saturated heterocycles. The summed E-state index contributed by atoms with van der Waals surface area (Å²) in [5, 5.41) is 11.3. The molecule has 0 radical (unpaired) electrons. The second-order valence-corrected chi connectivity index (χ2v) is 7.83. The number of nitrogens with zero attached hydrogens (tertiary/aromatic N) is 1. The number of ether oxygens (including phenoxy) is 1. The summed E-state index contributed by atoms with van der Waals surface area (Å²) in [6.07, 6.45) is -3.71. The maximum Gasteiger partial charge on any atom is 0.422 e. The summed E-state index contributed by atoms with van der Waals surface area (Å²) in [5.74, 6) is -1.19. The number of hydrogen-bond donors (Lipinski definition) is 2. The van der Waals surface area contributed by atoms with Crippen molar-refractivity contribution in [2.45, 2.75) is 44.4 Å². The number of halogens is 4. The number of aliphatic imine (C=N–C) groups is 1. The van der Waals surface area contributed by atoms with Crippen LogP contribution in [-0.2, 0) is 0 Å². The average Bonchev–Trinajstić information content (AvgIpc) is 2.77. The van der Waals surface area contributed by atoms with Crippen LogP contribution in [-0.4, -0.2) is 35.2 Å². The van der Waals surface area contributed by atoms with Crippen LogP contribution < -0.4 is 10.3 Å². The molecule has 0 aliphatic rings. The van der Waals surface area contributed by atoms with Gasteiger partial charge in [-0.15, -0.1) is 0 Å². The highest BCUT2D eigenvalue weighted by molar-refractivity contribution is 5.93. The molecular weight excluding hydrogens is 440 g/mol. The van der Waals surface area contributed by atoms with Gasteiger partial charge in [0.05, 0.1) is 12.8 Å². The van der Waals surface area contributed by atoms with E-state index in [4.69, 9.17) is 4.74 Å². The Morgan fingerprint density at radius 1 is 1.18 bits per heavy atom. The molecular formula is C24H24F4N2O3. The Kier molecular flexibility index (Phi) is 6.92. The number of aromatic nitrogens is 1. The SMILES string of the molecule is CC[C@H](C[C@@](O)(/C=N/c1cccc2c(=O)[nH]ccc12)C(F)(F)F)c1ccc(F)c(C)c1OC. The van der Waals surface area contributed by atoms with E-state index < -0.39 is 35.5 Å². The molecule has 1 aromatic heterocycles. The van der Waals surface area contributed by atoms with Crippen LogP contribution in [0.4, 0.5) is 23.2 Å². The lowest BCUT2D eigenvalue weighted by atomic mass is 9.83. The van der Waals surface area contributed by atoms with Gasteiger partial charge in [-0.3, -0.25) is 9.79 Å². The first kappa shape index (κ1) is 24.4. The fourth-order valence-corrected chi connectivity index (χ4v) is 3.87. The number of alkyl halides is 3. The van der Waals surface area contributed by atoms with Crippen LogP contribution in [0.2, 0.25) is 0 Å². The van der Waals surface area contributed by atoms with Gasteiger partial charge in [0.25, 0.3) is 5.56 Å². The molecule has 176 valence electrons. The van der Waals surface area contributed by atoms with Crippen LogP contribution in [0.3, 0.4) is 0 Å². The molecule has 2 aromatic carbocycles. The topological polar surface area (TPSA) is 74.7 Å². The van der Waals surface area contributed by atoms with Crippen molar-refractivity contribution >= 4 is 22.7 Å². The van der Waals surface area contributed by atoms with Crippen molar-refractivity contribution in [3.63, 3.8) is 0 Å². The van der Waals surface area contributed by atoms with E-state index in [1.165, 1.54) is 56.6 Å². The molecule has 5 nitrogen and oxygen atoms in total. The molecule has 0 amide bonds. The number of aromatic amines is 1. The van der Waals surface area contributed by atoms with E-state index in [-0.39, 0.29) is 28.8 Å². The summed E-state index contributed by atoms with van der Waals surface area (Å²) >= 11 is 0. The standard InChI is InChI=1S/C24H24F4N2O3/c1-4-15(16-8-9-19(25)14(2)21(16)33-3)12-23(32,24(26,27)28)13-30-20-7-5-6-18-17(20)10-11-29-22(18)31/h5-11,13,15,32H,4,12H2,1-3H3,(H,29,31)/b30-13+/t15-,23-/m1/s1. The molecule has 9 heteroatoms. The highest BCUT2D eigenvalue weighted by Gasteiger charge is 2.53. The fraction of sp³-hybridized carbons (Fsp3) is 0.333. The molecule has 0 aliphatic heterocycles. The first-order valence-electron chi connectivity index (χ1n) is 10.3. The van der Waals surface area contributed by atoms with Crippen molar-refractivity contribution in [3.8, 4) is 5.75 Å². The lowest BCUT2D eigenvalue weighted by molar-refractivity contribution is -0.232. The minimum absolute atomic E-state index is 0.115. The van der Waals surface area contributed by atoms with Crippen LogP contribution >= 0.6 is 0 Å². The van der Waals surface area contributed by atoms with Crippen molar-refractivity contribution < 1.29 is 27.4 Å². The average molecular weight is 464 g/mol. The third-order valence-corrected chi connectivity index (χ3v) is 5.76. The highest BCUT2D eigenvalue weighted by Crippen LogP contribution is 2.42.